The van der Waals surface area contributed by atoms with E-state index < -0.39 is 0 Å². The summed E-state index contributed by atoms with van der Waals surface area (Å²) in [5.74, 6) is 1.69. The molecule has 0 radical (unpaired) electrons. The first-order chi connectivity index (χ1) is 10.1. The van der Waals surface area contributed by atoms with Crippen LogP contribution >= 0.6 is 11.8 Å². The molecule has 0 aliphatic heterocycles. The van der Waals surface area contributed by atoms with E-state index in [9.17, 15) is 0 Å². The fourth-order valence-corrected chi connectivity index (χ4v) is 2.74. The Balaban J connectivity index is 2.47. The molecule has 0 aliphatic carbocycles. The predicted molar refractivity (Wildman–Crippen MR) is 88.6 cm³/mol. The largest absolute Gasteiger partial charge is 0.370 e. The number of hydrogen-bond donors (Lipinski definition) is 1. The summed E-state index contributed by atoms with van der Waals surface area (Å²) in [6, 6.07) is 1.97. The molecule has 2 aromatic rings. The highest BCUT2D eigenvalue weighted by Gasteiger charge is 2.14. The summed E-state index contributed by atoms with van der Waals surface area (Å²) in [6.45, 7) is 9.34. The molecular formula is C15H23N5S. The standard InChI is InChI=1S/C15H23N5S/c1-6-8-16-13-9-14(18-15(17-13)21-5)20-11(4)12(7-2)10(3)19-20/h9H,6-8H2,1-5H3,(H,16,17,18). The van der Waals surface area contributed by atoms with E-state index in [0.29, 0.717) is 0 Å². The normalized spacial score (nSPS) is 10.9. The third kappa shape index (κ3) is 3.37. The molecule has 2 rings (SSSR count). The number of nitrogens with zero attached hydrogens (tertiary/aromatic N) is 4. The van der Waals surface area contributed by atoms with E-state index in [4.69, 9.17) is 0 Å². The topological polar surface area (TPSA) is 55.6 Å². The van der Waals surface area contributed by atoms with Gasteiger partial charge in [0.1, 0.15) is 5.82 Å². The van der Waals surface area contributed by atoms with Crippen molar-refractivity contribution in [2.24, 2.45) is 0 Å². The number of hydrogen-bond acceptors (Lipinski definition) is 5. The molecule has 0 unspecified atom stereocenters. The average Bonchev–Trinajstić information content (AvgIpc) is 2.79. The Labute approximate surface area is 130 Å². The zero-order valence-electron chi connectivity index (χ0n) is 13.4. The van der Waals surface area contributed by atoms with Crippen molar-refractivity contribution >= 4 is 17.6 Å². The minimum absolute atomic E-state index is 0.761. The second-order valence-corrected chi connectivity index (χ2v) is 5.71. The Kier molecular flexibility index (Phi) is 5.22. The Morgan fingerprint density at radius 2 is 2.00 bits per heavy atom. The number of nitrogens with one attached hydrogen (secondary N) is 1. The Morgan fingerprint density at radius 3 is 2.57 bits per heavy atom. The molecule has 2 aromatic heterocycles. The van der Waals surface area contributed by atoms with Gasteiger partial charge in [-0.2, -0.15) is 5.10 Å². The van der Waals surface area contributed by atoms with Gasteiger partial charge in [-0.25, -0.2) is 14.6 Å². The molecule has 0 bridgehead atoms. The van der Waals surface area contributed by atoms with Gasteiger partial charge < -0.3 is 5.32 Å². The lowest BCUT2D eigenvalue weighted by atomic mass is 10.1. The zero-order chi connectivity index (χ0) is 15.4. The molecule has 0 aromatic carbocycles. The summed E-state index contributed by atoms with van der Waals surface area (Å²) < 4.78 is 1.92. The van der Waals surface area contributed by atoms with Gasteiger partial charge in [0, 0.05) is 18.3 Å². The molecule has 5 nitrogen and oxygen atoms in total. The first kappa shape index (κ1) is 15.8. The molecule has 2 heterocycles. The molecule has 114 valence electrons. The van der Waals surface area contributed by atoms with Gasteiger partial charge in [0.05, 0.1) is 5.69 Å². The molecule has 0 spiro atoms. The van der Waals surface area contributed by atoms with Gasteiger partial charge in [-0.1, -0.05) is 25.6 Å². The highest BCUT2D eigenvalue weighted by Crippen LogP contribution is 2.21. The highest BCUT2D eigenvalue weighted by atomic mass is 32.2. The van der Waals surface area contributed by atoms with Gasteiger partial charge in [0.15, 0.2) is 11.0 Å². The maximum atomic E-state index is 4.64. The first-order valence-electron chi connectivity index (χ1n) is 7.33. The van der Waals surface area contributed by atoms with Crippen LogP contribution < -0.4 is 5.32 Å². The summed E-state index contributed by atoms with van der Waals surface area (Å²) in [5, 5.41) is 8.73. The third-order valence-corrected chi connectivity index (χ3v) is 3.99. The van der Waals surface area contributed by atoms with E-state index in [1.165, 1.54) is 5.56 Å². The van der Waals surface area contributed by atoms with Gasteiger partial charge in [-0.05, 0) is 38.5 Å². The van der Waals surface area contributed by atoms with Crippen LogP contribution in [0.15, 0.2) is 11.2 Å². The molecule has 0 fully saturated rings. The number of thioether (sulfide) groups is 1. The summed E-state index contributed by atoms with van der Waals surface area (Å²) in [6.07, 6.45) is 4.04. The van der Waals surface area contributed by atoms with Gasteiger partial charge in [-0.3, -0.25) is 0 Å². The molecule has 0 aliphatic rings. The van der Waals surface area contributed by atoms with Crippen molar-refractivity contribution in [3.8, 4) is 5.82 Å². The maximum absolute atomic E-state index is 4.64. The van der Waals surface area contributed by atoms with Crippen LogP contribution in [0.5, 0.6) is 0 Å². The molecule has 1 N–H and O–H groups in total. The van der Waals surface area contributed by atoms with Crippen LogP contribution in [0.25, 0.3) is 5.82 Å². The quantitative estimate of drug-likeness (QED) is 0.655. The van der Waals surface area contributed by atoms with Gasteiger partial charge in [0.2, 0.25) is 0 Å². The van der Waals surface area contributed by atoms with Crippen molar-refractivity contribution in [2.75, 3.05) is 18.1 Å². The molecule has 0 atom stereocenters. The van der Waals surface area contributed by atoms with Crippen molar-refractivity contribution in [1.29, 1.82) is 0 Å². The fraction of sp³-hybridized carbons (Fsp3) is 0.533. The fourth-order valence-electron chi connectivity index (χ4n) is 2.37. The summed E-state index contributed by atoms with van der Waals surface area (Å²) in [5.41, 5.74) is 3.52. The molecule has 0 saturated heterocycles. The van der Waals surface area contributed by atoms with E-state index >= 15 is 0 Å². The van der Waals surface area contributed by atoms with E-state index in [2.05, 4.69) is 48.1 Å². The Morgan fingerprint density at radius 1 is 1.24 bits per heavy atom. The second kappa shape index (κ2) is 6.93. The number of rotatable bonds is 6. The SMILES string of the molecule is CCCNc1cc(-n2nc(C)c(CC)c2C)nc(SC)n1. The maximum Gasteiger partial charge on any atom is 0.191 e. The summed E-state index contributed by atoms with van der Waals surface area (Å²) in [7, 11) is 0. The van der Waals surface area contributed by atoms with Crippen LogP contribution in [0.3, 0.4) is 0 Å². The number of anilines is 1. The van der Waals surface area contributed by atoms with E-state index in [1.807, 2.05) is 17.0 Å². The predicted octanol–water partition coefficient (Wildman–Crippen LogP) is 3.39. The average molecular weight is 305 g/mol. The van der Waals surface area contributed by atoms with Crippen LogP contribution in [0.4, 0.5) is 5.82 Å². The lowest BCUT2D eigenvalue weighted by molar-refractivity contribution is 0.776. The van der Waals surface area contributed by atoms with Crippen LogP contribution in [0, 0.1) is 13.8 Å². The van der Waals surface area contributed by atoms with Crippen molar-refractivity contribution in [1.82, 2.24) is 19.7 Å². The van der Waals surface area contributed by atoms with Crippen molar-refractivity contribution in [3.63, 3.8) is 0 Å². The minimum Gasteiger partial charge on any atom is -0.370 e. The van der Waals surface area contributed by atoms with E-state index in [0.717, 1.165) is 47.6 Å². The van der Waals surface area contributed by atoms with Gasteiger partial charge >= 0.3 is 0 Å². The third-order valence-electron chi connectivity index (χ3n) is 3.44. The molecule has 0 amide bonds. The van der Waals surface area contributed by atoms with Gasteiger partial charge in [0.25, 0.3) is 0 Å². The Bertz CT molecular complexity index is 621. The van der Waals surface area contributed by atoms with Crippen LogP contribution in [0.2, 0.25) is 0 Å². The number of aromatic nitrogens is 4. The molecule has 21 heavy (non-hydrogen) atoms. The van der Waals surface area contributed by atoms with Gasteiger partial charge in [-0.15, -0.1) is 0 Å². The molecular weight excluding hydrogens is 282 g/mol. The van der Waals surface area contributed by atoms with Crippen LogP contribution in [0.1, 0.15) is 37.2 Å². The lowest BCUT2D eigenvalue weighted by Gasteiger charge is -2.09. The Hall–Kier alpha value is -1.56. The first-order valence-corrected chi connectivity index (χ1v) is 8.55. The lowest BCUT2D eigenvalue weighted by Crippen LogP contribution is -2.08. The minimum atomic E-state index is 0.761. The van der Waals surface area contributed by atoms with E-state index in [-0.39, 0.29) is 0 Å². The monoisotopic (exact) mass is 305 g/mol. The smallest absolute Gasteiger partial charge is 0.191 e. The molecule has 0 saturated carbocycles. The second-order valence-electron chi connectivity index (χ2n) is 4.94. The van der Waals surface area contributed by atoms with Crippen LogP contribution in [-0.4, -0.2) is 32.5 Å². The van der Waals surface area contributed by atoms with Crippen molar-refractivity contribution < 1.29 is 0 Å². The van der Waals surface area contributed by atoms with Crippen LogP contribution in [-0.2, 0) is 6.42 Å². The molecule has 6 heteroatoms. The van der Waals surface area contributed by atoms with E-state index in [1.54, 1.807) is 11.8 Å². The summed E-state index contributed by atoms with van der Waals surface area (Å²) >= 11 is 1.54. The number of aryl methyl sites for hydroxylation is 1. The van der Waals surface area contributed by atoms with Crippen molar-refractivity contribution in [3.05, 3.63) is 23.0 Å². The summed E-state index contributed by atoms with van der Waals surface area (Å²) in [4.78, 5) is 9.09. The van der Waals surface area contributed by atoms with Crippen molar-refractivity contribution in [2.45, 2.75) is 45.7 Å². The highest BCUT2D eigenvalue weighted by molar-refractivity contribution is 7.98. The zero-order valence-corrected chi connectivity index (χ0v) is 14.2.